The highest BCUT2D eigenvalue weighted by atomic mass is 15.2. The van der Waals surface area contributed by atoms with E-state index in [0.717, 1.165) is 32.0 Å². The van der Waals surface area contributed by atoms with Crippen molar-refractivity contribution in [2.45, 2.75) is 19.6 Å². The SMILES string of the molecule is N#Cc1ccc(CN2CCn3ccnc3C2)cc1. The van der Waals surface area contributed by atoms with Crippen LogP contribution in [0.4, 0.5) is 0 Å². The highest BCUT2D eigenvalue weighted by Crippen LogP contribution is 2.14. The zero-order valence-corrected chi connectivity index (χ0v) is 10.1. The number of fused-ring (bicyclic) bond motifs is 1. The maximum absolute atomic E-state index is 8.76. The van der Waals surface area contributed by atoms with E-state index < -0.39 is 0 Å². The van der Waals surface area contributed by atoms with Gasteiger partial charge in [0.2, 0.25) is 0 Å². The van der Waals surface area contributed by atoms with Gasteiger partial charge in [-0.2, -0.15) is 5.26 Å². The van der Waals surface area contributed by atoms with Gasteiger partial charge in [0.05, 0.1) is 18.2 Å². The second-order valence-electron chi connectivity index (χ2n) is 4.56. The van der Waals surface area contributed by atoms with Gasteiger partial charge < -0.3 is 4.57 Å². The number of benzene rings is 1. The molecule has 0 unspecified atom stereocenters. The Morgan fingerprint density at radius 2 is 2.06 bits per heavy atom. The third-order valence-corrected chi connectivity index (χ3v) is 3.31. The van der Waals surface area contributed by atoms with Gasteiger partial charge in [-0.25, -0.2) is 4.98 Å². The van der Waals surface area contributed by atoms with Crippen LogP contribution < -0.4 is 0 Å². The van der Waals surface area contributed by atoms with E-state index in [1.807, 2.05) is 36.7 Å². The van der Waals surface area contributed by atoms with E-state index in [4.69, 9.17) is 5.26 Å². The molecule has 0 saturated heterocycles. The number of hydrogen-bond acceptors (Lipinski definition) is 3. The minimum atomic E-state index is 0.716. The van der Waals surface area contributed by atoms with Crippen LogP contribution in [0.1, 0.15) is 17.0 Å². The fraction of sp³-hybridized carbons (Fsp3) is 0.286. The monoisotopic (exact) mass is 238 g/mol. The summed E-state index contributed by atoms with van der Waals surface area (Å²) in [5.41, 5.74) is 1.96. The summed E-state index contributed by atoms with van der Waals surface area (Å²) in [6, 6.07) is 9.95. The minimum Gasteiger partial charge on any atom is -0.333 e. The molecular weight excluding hydrogens is 224 g/mol. The highest BCUT2D eigenvalue weighted by Gasteiger charge is 2.16. The van der Waals surface area contributed by atoms with E-state index >= 15 is 0 Å². The fourth-order valence-electron chi connectivity index (χ4n) is 2.30. The molecule has 4 heteroatoms. The molecule has 0 aliphatic carbocycles. The molecular formula is C14H14N4. The molecule has 0 N–H and O–H groups in total. The van der Waals surface area contributed by atoms with Crippen LogP contribution in [0.2, 0.25) is 0 Å². The maximum atomic E-state index is 8.76. The molecule has 0 radical (unpaired) electrons. The van der Waals surface area contributed by atoms with Crippen molar-refractivity contribution < 1.29 is 0 Å². The Kier molecular flexibility index (Phi) is 2.83. The lowest BCUT2D eigenvalue weighted by Gasteiger charge is -2.27. The van der Waals surface area contributed by atoms with Gasteiger partial charge in [-0.15, -0.1) is 0 Å². The average Bonchev–Trinajstić information content (AvgIpc) is 2.87. The quantitative estimate of drug-likeness (QED) is 0.801. The molecule has 0 fully saturated rings. The molecule has 1 aliphatic rings. The fourth-order valence-corrected chi connectivity index (χ4v) is 2.30. The summed E-state index contributed by atoms with van der Waals surface area (Å²) >= 11 is 0. The predicted octanol–water partition coefficient (Wildman–Crippen LogP) is 1.77. The van der Waals surface area contributed by atoms with Gasteiger partial charge in [0.25, 0.3) is 0 Å². The molecule has 0 amide bonds. The Labute approximate surface area is 106 Å². The van der Waals surface area contributed by atoms with Crippen LogP contribution in [0, 0.1) is 11.3 Å². The number of nitrogens with zero attached hydrogens (tertiary/aromatic N) is 4. The van der Waals surface area contributed by atoms with Crippen molar-refractivity contribution in [3.63, 3.8) is 0 Å². The standard InChI is InChI=1S/C14H14N4/c15-9-12-1-3-13(4-2-12)10-17-7-8-18-6-5-16-14(18)11-17/h1-6H,7-8,10-11H2. The molecule has 90 valence electrons. The number of aromatic nitrogens is 2. The van der Waals surface area contributed by atoms with Gasteiger partial charge in [0.15, 0.2) is 0 Å². The molecule has 3 rings (SSSR count). The minimum absolute atomic E-state index is 0.716. The summed E-state index contributed by atoms with van der Waals surface area (Å²) in [6.45, 7) is 3.86. The lowest BCUT2D eigenvalue weighted by molar-refractivity contribution is 0.209. The second-order valence-corrected chi connectivity index (χ2v) is 4.56. The van der Waals surface area contributed by atoms with Crippen molar-refractivity contribution in [3.05, 3.63) is 53.6 Å². The van der Waals surface area contributed by atoms with Crippen LogP contribution in [0.15, 0.2) is 36.7 Å². The van der Waals surface area contributed by atoms with Crippen LogP contribution in [0.25, 0.3) is 0 Å². The summed E-state index contributed by atoms with van der Waals surface area (Å²) in [4.78, 5) is 6.73. The summed E-state index contributed by atoms with van der Waals surface area (Å²) in [5, 5.41) is 8.76. The van der Waals surface area contributed by atoms with E-state index in [-0.39, 0.29) is 0 Å². The molecule has 1 aromatic carbocycles. The van der Waals surface area contributed by atoms with Crippen molar-refractivity contribution in [3.8, 4) is 6.07 Å². The van der Waals surface area contributed by atoms with E-state index in [0.29, 0.717) is 5.56 Å². The summed E-state index contributed by atoms with van der Waals surface area (Å²) in [5.74, 6) is 1.13. The molecule has 18 heavy (non-hydrogen) atoms. The Morgan fingerprint density at radius 1 is 1.22 bits per heavy atom. The molecule has 1 aliphatic heterocycles. The first-order valence-corrected chi connectivity index (χ1v) is 6.06. The Morgan fingerprint density at radius 3 is 2.83 bits per heavy atom. The molecule has 0 saturated carbocycles. The summed E-state index contributed by atoms with van der Waals surface area (Å²) in [6.07, 6.45) is 3.90. The Balaban J connectivity index is 1.69. The van der Waals surface area contributed by atoms with Gasteiger partial charge in [-0.1, -0.05) is 12.1 Å². The number of rotatable bonds is 2. The lowest BCUT2D eigenvalue weighted by Crippen LogP contribution is -2.33. The van der Waals surface area contributed by atoms with Gasteiger partial charge in [0, 0.05) is 32.0 Å². The van der Waals surface area contributed by atoms with Crippen LogP contribution in [-0.2, 0) is 19.6 Å². The van der Waals surface area contributed by atoms with E-state index in [9.17, 15) is 0 Å². The number of hydrogen-bond donors (Lipinski definition) is 0. The van der Waals surface area contributed by atoms with Crippen molar-refractivity contribution in [2.24, 2.45) is 0 Å². The molecule has 2 heterocycles. The first kappa shape index (κ1) is 11.0. The zero-order chi connectivity index (χ0) is 12.4. The Bertz CT molecular complexity index is 577. The predicted molar refractivity (Wildman–Crippen MR) is 67.5 cm³/mol. The number of nitriles is 1. The third-order valence-electron chi connectivity index (χ3n) is 3.31. The topological polar surface area (TPSA) is 44.9 Å². The lowest BCUT2D eigenvalue weighted by atomic mass is 10.1. The first-order valence-electron chi connectivity index (χ1n) is 6.06. The molecule has 0 bridgehead atoms. The summed E-state index contributed by atoms with van der Waals surface area (Å²) < 4.78 is 2.20. The van der Waals surface area contributed by atoms with E-state index in [1.54, 1.807) is 0 Å². The highest BCUT2D eigenvalue weighted by molar-refractivity contribution is 5.31. The first-order chi connectivity index (χ1) is 8.85. The molecule has 4 nitrogen and oxygen atoms in total. The van der Waals surface area contributed by atoms with E-state index in [2.05, 4.69) is 20.5 Å². The summed E-state index contributed by atoms with van der Waals surface area (Å²) in [7, 11) is 0. The number of imidazole rings is 1. The van der Waals surface area contributed by atoms with Gasteiger partial charge in [-0.05, 0) is 17.7 Å². The average molecular weight is 238 g/mol. The molecule has 0 atom stereocenters. The van der Waals surface area contributed by atoms with Crippen LogP contribution in [0.3, 0.4) is 0 Å². The van der Waals surface area contributed by atoms with Crippen molar-refractivity contribution in [2.75, 3.05) is 6.54 Å². The van der Waals surface area contributed by atoms with Crippen molar-refractivity contribution in [1.82, 2.24) is 14.5 Å². The molecule has 0 spiro atoms. The van der Waals surface area contributed by atoms with Crippen molar-refractivity contribution in [1.29, 1.82) is 5.26 Å². The molecule has 2 aromatic rings. The second kappa shape index (κ2) is 4.63. The molecule has 1 aromatic heterocycles. The van der Waals surface area contributed by atoms with E-state index in [1.165, 1.54) is 5.56 Å². The van der Waals surface area contributed by atoms with Crippen molar-refractivity contribution >= 4 is 0 Å². The normalized spacial score (nSPS) is 15.1. The van der Waals surface area contributed by atoms with Crippen LogP contribution in [0.5, 0.6) is 0 Å². The van der Waals surface area contributed by atoms with Crippen LogP contribution >= 0.6 is 0 Å². The zero-order valence-electron chi connectivity index (χ0n) is 10.1. The van der Waals surface area contributed by atoms with Gasteiger partial charge in [-0.3, -0.25) is 4.90 Å². The maximum Gasteiger partial charge on any atom is 0.122 e. The largest absolute Gasteiger partial charge is 0.333 e. The van der Waals surface area contributed by atoms with Crippen LogP contribution in [-0.4, -0.2) is 21.0 Å². The smallest absolute Gasteiger partial charge is 0.122 e. The van der Waals surface area contributed by atoms with Gasteiger partial charge >= 0.3 is 0 Å². The third kappa shape index (κ3) is 2.13. The van der Waals surface area contributed by atoms with Gasteiger partial charge in [0.1, 0.15) is 5.82 Å². The Hall–Kier alpha value is -2.12.